The Hall–Kier alpha value is -2.80. The molecule has 1 aliphatic rings. The number of imidazole rings is 1. The lowest BCUT2D eigenvalue weighted by Crippen LogP contribution is -2.33. The van der Waals surface area contributed by atoms with Crippen LogP contribution in [0.1, 0.15) is 25.7 Å². The molecule has 0 bridgehead atoms. The summed E-state index contributed by atoms with van der Waals surface area (Å²) < 4.78 is 7.23. The van der Waals surface area contributed by atoms with Gasteiger partial charge in [0.2, 0.25) is 0 Å². The monoisotopic (exact) mass is 352 g/mol. The number of hydrogen-bond donors (Lipinski definition) is 3. The number of nitrogens with one attached hydrogen (secondary N) is 2. The standard InChI is InChI=1S/C19H24N6O/c1-26-17-5-3-2-4-15(17)23-16-12-18(24-25-11-10-21-19(16)25)22-14-8-6-13(20)7-9-14/h2-5,10-14,23H,6-9,20H2,1H3,(H,22,24). The Bertz CT molecular complexity index is 885. The summed E-state index contributed by atoms with van der Waals surface area (Å²) in [4.78, 5) is 4.42. The molecular formula is C19H24N6O. The molecule has 2 heterocycles. The summed E-state index contributed by atoms with van der Waals surface area (Å²) in [5.74, 6) is 1.61. The topological polar surface area (TPSA) is 89.5 Å². The largest absolute Gasteiger partial charge is 0.495 e. The van der Waals surface area contributed by atoms with Crippen LogP contribution in [0.3, 0.4) is 0 Å². The Morgan fingerprint density at radius 3 is 2.77 bits per heavy atom. The summed E-state index contributed by atoms with van der Waals surface area (Å²) >= 11 is 0. The lowest BCUT2D eigenvalue weighted by atomic mass is 9.92. The van der Waals surface area contributed by atoms with Crippen molar-refractivity contribution in [1.29, 1.82) is 0 Å². The molecule has 0 spiro atoms. The number of ether oxygens (including phenoxy) is 1. The summed E-state index contributed by atoms with van der Waals surface area (Å²) in [6.45, 7) is 0. The molecule has 0 saturated heterocycles. The number of anilines is 3. The molecule has 1 aliphatic carbocycles. The highest BCUT2D eigenvalue weighted by Crippen LogP contribution is 2.30. The predicted octanol–water partition coefficient (Wildman–Crippen LogP) is 3.16. The highest BCUT2D eigenvalue weighted by molar-refractivity contribution is 5.78. The average molecular weight is 352 g/mol. The Balaban J connectivity index is 1.62. The third-order valence-corrected chi connectivity index (χ3v) is 4.86. The van der Waals surface area contributed by atoms with Gasteiger partial charge in [0.05, 0.1) is 18.5 Å². The second kappa shape index (κ2) is 7.21. The van der Waals surface area contributed by atoms with Crippen molar-refractivity contribution in [1.82, 2.24) is 14.6 Å². The van der Waals surface area contributed by atoms with E-state index in [1.54, 1.807) is 17.8 Å². The van der Waals surface area contributed by atoms with Crippen LogP contribution in [-0.4, -0.2) is 33.8 Å². The summed E-state index contributed by atoms with van der Waals surface area (Å²) in [7, 11) is 1.67. The van der Waals surface area contributed by atoms with E-state index in [1.165, 1.54) is 0 Å². The molecule has 7 heteroatoms. The number of methoxy groups -OCH3 is 1. The summed E-state index contributed by atoms with van der Waals surface area (Å²) in [6.07, 6.45) is 7.85. The van der Waals surface area contributed by atoms with Crippen molar-refractivity contribution < 1.29 is 4.74 Å². The van der Waals surface area contributed by atoms with Crippen LogP contribution >= 0.6 is 0 Å². The van der Waals surface area contributed by atoms with Gasteiger partial charge in [0.25, 0.3) is 0 Å². The lowest BCUT2D eigenvalue weighted by Gasteiger charge is -2.27. The van der Waals surface area contributed by atoms with Crippen molar-refractivity contribution in [2.75, 3.05) is 17.7 Å². The number of fused-ring (bicyclic) bond motifs is 1. The minimum Gasteiger partial charge on any atom is -0.495 e. The van der Waals surface area contributed by atoms with E-state index in [2.05, 4.69) is 20.7 Å². The van der Waals surface area contributed by atoms with Gasteiger partial charge in [-0.1, -0.05) is 12.1 Å². The Labute approximate surface area is 152 Å². The van der Waals surface area contributed by atoms with E-state index < -0.39 is 0 Å². The maximum atomic E-state index is 6.01. The van der Waals surface area contributed by atoms with E-state index >= 15 is 0 Å². The fourth-order valence-corrected chi connectivity index (χ4v) is 3.44. The number of para-hydroxylation sites is 2. The van der Waals surface area contributed by atoms with E-state index in [0.717, 1.165) is 54.3 Å². The van der Waals surface area contributed by atoms with E-state index in [9.17, 15) is 0 Å². The van der Waals surface area contributed by atoms with Crippen LogP contribution in [-0.2, 0) is 0 Å². The van der Waals surface area contributed by atoms with Crippen molar-refractivity contribution in [3.05, 3.63) is 42.7 Å². The van der Waals surface area contributed by atoms with Crippen LogP contribution in [0.15, 0.2) is 42.7 Å². The predicted molar refractivity (Wildman–Crippen MR) is 103 cm³/mol. The van der Waals surface area contributed by atoms with Crippen molar-refractivity contribution in [2.45, 2.75) is 37.8 Å². The highest BCUT2D eigenvalue weighted by Gasteiger charge is 2.19. The van der Waals surface area contributed by atoms with Crippen LogP contribution in [0.4, 0.5) is 17.2 Å². The van der Waals surface area contributed by atoms with E-state index in [1.807, 2.05) is 36.5 Å². The minimum atomic E-state index is 0.333. The van der Waals surface area contributed by atoms with Gasteiger partial charge < -0.3 is 21.1 Å². The molecule has 7 nitrogen and oxygen atoms in total. The van der Waals surface area contributed by atoms with E-state index in [0.29, 0.717) is 12.1 Å². The second-order valence-corrected chi connectivity index (χ2v) is 6.72. The fourth-order valence-electron chi connectivity index (χ4n) is 3.44. The first-order valence-corrected chi connectivity index (χ1v) is 8.99. The number of hydrogen-bond acceptors (Lipinski definition) is 6. The van der Waals surface area contributed by atoms with Gasteiger partial charge in [-0.25, -0.2) is 9.50 Å². The first-order valence-electron chi connectivity index (χ1n) is 8.99. The zero-order chi connectivity index (χ0) is 17.9. The molecule has 1 saturated carbocycles. The Morgan fingerprint density at radius 1 is 1.15 bits per heavy atom. The molecule has 26 heavy (non-hydrogen) atoms. The molecule has 4 rings (SSSR count). The Kier molecular flexibility index (Phi) is 4.62. The number of rotatable bonds is 5. The van der Waals surface area contributed by atoms with Gasteiger partial charge >= 0.3 is 0 Å². The van der Waals surface area contributed by atoms with Gasteiger partial charge in [-0.05, 0) is 37.8 Å². The van der Waals surface area contributed by atoms with Crippen LogP contribution in [0, 0.1) is 0 Å². The summed E-state index contributed by atoms with van der Waals surface area (Å²) in [5.41, 5.74) is 8.55. The molecule has 1 aromatic carbocycles. The fraction of sp³-hybridized carbons (Fsp3) is 0.368. The molecule has 0 atom stereocenters. The van der Waals surface area contributed by atoms with Crippen LogP contribution in [0.25, 0.3) is 5.65 Å². The van der Waals surface area contributed by atoms with Crippen molar-refractivity contribution in [2.24, 2.45) is 5.73 Å². The molecule has 0 amide bonds. The number of aromatic nitrogens is 3. The van der Waals surface area contributed by atoms with Crippen molar-refractivity contribution in [3.8, 4) is 5.75 Å². The van der Waals surface area contributed by atoms with Gasteiger partial charge in [0.1, 0.15) is 11.6 Å². The maximum absolute atomic E-state index is 6.01. The quantitative estimate of drug-likeness (QED) is 0.653. The van der Waals surface area contributed by atoms with Crippen LogP contribution < -0.4 is 21.1 Å². The first-order chi connectivity index (χ1) is 12.7. The third kappa shape index (κ3) is 3.43. The molecular weight excluding hydrogens is 328 g/mol. The second-order valence-electron chi connectivity index (χ2n) is 6.72. The lowest BCUT2D eigenvalue weighted by molar-refractivity contribution is 0.410. The van der Waals surface area contributed by atoms with Gasteiger partial charge in [0.15, 0.2) is 5.65 Å². The Morgan fingerprint density at radius 2 is 1.96 bits per heavy atom. The number of nitrogens with two attached hydrogens (primary N) is 1. The first kappa shape index (κ1) is 16.7. The number of nitrogens with zero attached hydrogens (tertiary/aromatic N) is 3. The zero-order valence-corrected chi connectivity index (χ0v) is 14.9. The molecule has 0 aliphatic heterocycles. The summed E-state index contributed by atoms with van der Waals surface area (Å²) in [5, 5.41) is 11.6. The molecule has 0 radical (unpaired) electrons. The normalized spacial score (nSPS) is 20.1. The molecule has 3 aromatic rings. The highest BCUT2D eigenvalue weighted by atomic mass is 16.5. The molecule has 2 aromatic heterocycles. The van der Waals surface area contributed by atoms with Gasteiger partial charge in [0, 0.05) is 30.5 Å². The van der Waals surface area contributed by atoms with Crippen molar-refractivity contribution in [3.63, 3.8) is 0 Å². The zero-order valence-electron chi connectivity index (χ0n) is 14.9. The van der Waals surface area contributed by atoms with Crippen LogP contribution in [0.2, 0.25) is 0 Å². The smallest absolute Gasteiger partial charge is 0.177 e. The number of benzene rings is 1. The van der Waals surface area contributed by atoms with Crippen molar-refractivity contribution >= 4 is 22.8 Å². The SMILES string of the molecule is COc1ccccc1Nc1cc(NC2CCC(N)CC2)nn2ccnc12. The minimum absolute atomic E-state index is 0.333. The van der Waals surface area contributed by atoms with Gasteiger partial charge in [-0.3, -0.25) is 0 Å². The third-order valence-electron chi connectivity index (χ3n) is 4.86. The summed E-state index contributed by atoms with van der Waals surface area (Å²) in [6, 6.07) is 10.6. The molecule has 136 valence electrons. The van der Waals surface area contributed by atoms with Gasteiger partial charge in [-0.2, -0.15) is 0 Å². The maximum Gasteiger partial charge on any atom is 0.177 e. The average Bonchev–Trinajstić information content (AvgIpc) is 3.13. The van der Waals surface area contributed by atoms with Gasteiger partial charge in [-0.15, -0.1) is 5.10 Å². The van der Waals surface area contributed by atoms with E-state index in [-0.39, 0.29) is 0 Å². The van der Waals surface area contributed by atoms with Crippen LogP contribution in [0.5, 0.6) is 5.75 Å². The molecule has 1 fully saturated rings. The van der Waals surface area contributed by atoms with E-state index in [4.69, 9.17) is 10.5 Å². The molecule has 0 unspecified atom stereocenters. The molecule has 4 N–H and O–H groups in total.